The third-order valence-corrected chi connectivity index (χ3v) is 2.07. The molecule has 72 valence electrons. The van der Waals surface area contributed by atoms with E-state index in [1.165, 1.54) is 0 Å². The predicted molar refractivity (Wildman–Crippen MR) is 48.0 cm³/mol. The first-order valence-electron chi connectivity index (χ1n) is 4.69. The molecule has 0 aromatic rings. The Hall–Kier alpha value is -0.120. The molecular weight excluding hydrogens is 154 g/mol. The van der Waals surface area contributed by atoms with Gasteiger partial charge in [-0.25, -0.2) is 0 Å². The van der Waals surface area contributed by atoms with E-state index >= 15 is 0 Å². The lowest BCUT2D eigenvalue weighted by Crippen LogP contribution is -2.23. The SMILES string of the molecule is CC(C)OCC1CCC(CN)O1. The van der Waals surface area contributed by atoms with Crippen LogP contribution < -0.4 is 5.73 Å². The van der Waals surface area contributed by atoms with Crippen molar-refractivity contribution in [2.45, 2.75) is 45.0 Å². The zero-order chi connectivity index (χ0) is 8.97. The third kappa shape index (κ3) is 3.09. The average Bonchev–Trinajstić information content (AvgIpc) is 2.48. The summed E-state index contributed by atoms with van der Waals surface area (Å²) in [4.78, 5) is 0. The van der Waals surface area contributed by atoms with Gasteiger partial charge >= 0.3 is 0 Å². The fourth-order valence-corrected chi connectivity index (χ4v) is 1.38. The van der Waals surface area contributed by atoms with Crippen LogP contribution in [0.5, 0.6) is 0 Å². The molecule has 2 N–H and O–H groups in total. The molecule has 0 aliphatic carbocycles. The Morgan fingerprint density at radius 3 is 2.58 bits per heavy atom. The first-order chi connectivity index (χ1) is 5.72. The molecule has 1 aliphatic heterocycles. The molecule has 0 bridgehead atoms. The topological polar surface area (TPSA) is 44.5 Å². The van der Waals surface area contributed by atoms with E-state index in [1.54, 1.807) is 0 Å². The van der Waals surface area contributed by atoms with Gasteiger partial charge in [0.05, 0.1) is 24.9 Å². The summed E-state index contributed by atoms with van der Waals surface area (Å²) in [5, 5.41) is 0. The quantitative estimate of drug-likeness (QED) is 0.687. The number of hydrogen-bond acceptors (Lipinski definition) is 3. The summed E-state index contributed by atoms with van der Waals surface area (Å²) in [6, 6.07) is 0. The maximum atomic E-state index is 5.61. The number of rotatable bonds is 4. The highest BCUT2D eigenvalue weighted by Crippen LogP contribution is 2.19. The van der Waals surface area contributed by atoms with Crippen molar-refractivity contribution < 1.29 is 9.47 Å². The molecule has 2 unspecified atom stereocenters. The molecule has 1 heterocycles. The smallest absolute Gasteiger partial charge is 0.0814 e. The Bertz CT molecular complexity index is 128. The van der Waals surface area contributed by atoms with Crippen LogP contribution >= 0.6 is 0 Å². The van der Waals surface area contributed by atoms with E-state index in [0.29, 0.717) is 19.3 Å². The summed E-state index contributed by atoms with van der Waals surface area (Å²) in [5.41, 5.74) is 5.49. The van der Waals surface area contributed by atoms with Crippen molar-refractivity contribution in [3.8, 4) is 0 Å². The number of ether oxygens (including phenoxy) is 2. The summed E-state index contributed by atoms with van der Waals surface area (Å²) in [6.45, 7) is 5.43. The molecule has 1 fully saturated rings. The van der Waals surface area contributed by atoms with Gasteiger partial charge in [-0.2, -0.15) is 0 Å². The van der Waals surface area contributed by atoms with E-state index < -0.39 is 0 Å². The molecule has 1 rings (SSSR count). The van der Waals surface area contributed by atoms with Gasteiger partial charge in [0.15, 0.2) is 0 Å². The van der Waals surface area contributed by atoms with Crippen molar-refractivity contribution in [2.24, 2.45) is 5.73 Å². The zero-order valence-electron chi connectivity index (χ0n) is 7.95. The standard InChI is InChI=1S/C9H19NO2/c1-7(2)11-6-9-4-3-8(5-10)12-9/h7-9H,3-6,10H2,1-2H3. The molecule has 1 aliphatic rings. The molecule has 1 saturated heterocycles. The number of nitrogens with two attached hydrogens (primary N) is 1. The lowest BCUT2D eigenvalue weighted by atomic mass is 10.2. The maximum absolute atomic E-state index is 5.61. The lowest BCUT2D eigenvalue weighted by molar-refractivity contribution is -0.0299. The fraction of sp³-hybridized carbons (Fsp3) is 1.00. The molecule has 3 nitrogen and oxygen atoms in total. The second kappa shape index (κ2) is 4.80. The van der Waals surface area contributed by atoms with E-state index in [1.807, 2.05) is 13.8 Å². The molecule has 0 saturated carbocycles. The summed E-state index contributed by atoms with van der Waals surface area (Å²) in [7, 11) is 0. The highest BCUT2D eigenvalue weighted by molar-refractivity contribution is 4.73. The lowest BCUT2D eigenvalue weighted by Gasteiger charge is -2.14. The monoisotopic (exact) mass is 173 g/mol. The molecule has 3 heteroatoms. The Balaban J connectivity index is 2.11. The first kappa shape index (κ1) is 9.96. The van der Waals surface area contributed by atoms with Crippen molar-refractivity contribution in [3.05, 3.63) is 0 Å². The molecule has 0 aromatic carbocycles. The van der Waals surface area contributed by atoms with Crippen LogP contribution in [0.4, 0.5) is 0 Å². The van der Waals surface area contributed by atoms with Crippen molar-refractivity contribution >= 4 is 0 Å². The minimum atomic E-state index is 0.269. The van der Waals surface area contributed by atoms with Gasteiger partial charge in [-0.1, -0.05) is 0 Å². The van der Waals surface area contributed by atoms with Crippen LogP contribution in [0.25, 0.3) is 0 Å². The normalized spacial score (nSPS) is 30.0. The predicted octanol–water partition coefficient (Wildman–Crippen LogP) is 0.918. The van der Waals surface area contributed by atoms with Crippen molar-refractivity contribution in [1.82, 2.24) is 0 Å². The fourth-order valence-electron chi connectivity index (χ4n) is 1.38. The van der Waals surface area contributed by atoms with Crippen molar-refractivity contribution in [3.63, 3.8) is 0 Å². The molecule has 0 aromatic heterocycles. The van der Waals surface area contributed by atoms with Gasteiger partial charge < -0.3 is 15.2 Å². The van der Waals surface area contributed by atoms with Gasteiger partial charge in [0.1, 0.15) is 0 Å². The highest BCUT2D eigenvalue weighted by Gasteiger charge is 2.24. The van der Waals surface area contributed by atoms with E-state index in [9.17, 15) is 0 Å². The van der Waals surface area contributed by atoms with Crippen LogP contribution in [0.1, 0.15) is 26.7 Å². The van der Waals surface area contributed by atoms with Crippen LogP contribution in [0.15, 0.2) is 0 Å². The molecule has 12 heavy (non-hydrogen) atoms. The van der Waals surface area contributed by atoms with Crippen LogP contribution in [-0.2, 0) is 9.47 Å². The highest BCUT2D eigenvalue weighted by atomic mass is 16.5. The number of hydrogen-bond donors (Lipinski definition) is 1. The second-order valence-corrected chi connectivity index (χ2v) is 3.58. The van der Waals surface area contributed by atoms with E-state index in [-0.39, 0.29) is 12.2 Å². The molecular formula is C9H19NO2. The van der Waals surface area contributed by atoms with Gasteiger partial charge in [-0.15, -0.1) is 0 Å². The third-order valence-electron chi connectivity index (χ3n) is 2.07. The Kier molecular flexibility index (Phi) is 3.98. The maximum Gasteiger partial charge on any atom is 0.0814 e. The first-order valence-corrected chi connectivity index (χ1v) is 4.69. The minimum Gasteiger partial charge on any atom is -0.376 e. The van der Waals surface area contributed by atoms with E-state index in [2.05, 4.69) is 0 Å². The van der Waals surface area contributed by atoms with E-state index in [0.717, 1.165) is 12.8 Å². The summed E-state index contributed by atoms with van der Waals surface area (Å²) >= 11 is 0. The van der Waals surface area contributed by atoms with E-state index in [4.69, 9.17) is 15.2 Å². The Morgan fingerprint density at radius 2 is 2.08 bits per heavy atom. The summed E-state index contributed by atoms with van der Waals surface area (Å²) in [5.74, 6) is 0. The van der Waals surface area contributed by atoms with Crippen LogP contribution in [-0.4, -0.2) is 31.5 Å². The van der Waals surface area contributed by atoms with Crippen LogP contribution in [0.3, 0.4) is 0 Å². The summed E-state index contributed by atoms with van der Waals surface area (Å²) in [6.07, 6.45) is 3.02. The summed E-state index contributed by atoms with van der Waals surface area (Å²) < 4.78 is 11.1. The van der Waals surface area contributed by atoms with Gasteiger partial charge in [-0.3, -0.25) is 0 Å². The van der Waals surface area contributed by atoms with Gasteiger partial charge in [0.25, 0.3) is 0 Å². The van der Waals surface area contributed by atoms with Gasteiger partial charge in [0, 0.05) is 6.54 Å². The van der Waals surface area contributed by atoms with Gasteiger partial charge in [0.2, 0.25) is 0 Å². The molecule has 0 radical (unpaired) electrons. The van der Waals surface area contributed by atoms with Crippen LogP contribution in [0, 0.1) is 0 Å². The zero-order valence-corrected chi connectivity index (χ0v) is 7.95. The van der Waals surface area contributed by atoms with Gasteiger partial charge in [-0.05, 0) is 26.7 Å². The second-order valence-electron chi connectivity index (χ2n) is 3.58. The minimum absolute atomic E-state index is 0.269. The Morgan fingerprint density at radius 1 is 1.42 bits per heavy atom. The van der Waals surface area contributed by atoms with Crippen molar-refractivity contribution in [1.29, 1.82) is 0 Å². The Labute approximate surface area is 74.2 Å². The molecule has 2 atom stereocenters. The molecule has 0 spiro atoms. The molecule has 0 amide bonds. The van der Waals surface area contributed by atoms with Crippen molar-refractivity contribution in [2.75, 3.05) is 13.2 Å². The largest absolute Gasteiger partial charge is 0.376 e. The van der Waals surface area contributed by atoms with Crippen LogP contribution in [0.2, 0.25) is 0 Å². The average molecular weight is 173 g/mol.